The van der Waals surface area contributed by atoms with Gasteiger partial charge in [-0.25, -0.2) is 8.42 Å². The van der Waals surface area contributed by atoms with Crippen LogP contribution in [0.1, 0.15) is 31.7 Å². The van der Waals surface area contributed by atoms with Crippen molar-refractivity contribution in [2.75, 3.05) is 6.54 Å². The first-order chi connectivity index (χ1) is 11.4. The lowest BCUT2D eigenvalue weighted by atomic mass is 10.1. The zero-order chi connectivity index (χ0) is 17.3. The second-order valence-electron chi connectivity index (χ2n) is 6.38. The van der Waals surface area contributed by atoms with Crippen molar-refractivity contribution in [3.8, 4) is 0 Å². The minimum absolute atomic E-state index is 0.0306. The van der Waals surface area contributed by atoms with Crippen LogP contribution in [0, 0.1) is 5.92 Å². The number of sulfonamides is 1. The summed E-state index contributed by atoms with van der Waals surface area (Å²) in [5.41, 5.74) is 6.23. The number of aliphatic imine (C=N–C) groups is 1. The van der Waals surface area contributed by atoms with E-state index in [1.807, 2.05) is 0 Å². The molecule has 0 saturated heterocycles. The van der Waals surface area contributed by atoms with Gasteiger partial charge in [-0.2, -0.15) is 0 Å². The maximum absolute atomic E-state index is 12.1. The van der Waals surface area contributed by atoms with Gasteiger partial charge >= 0.3 is 0 Å². The van der Waals surface area contributed by atoms with Crippen molar-refractivity contribution in [2.45, 2.75) is 43.2 Å². The number of fused-ring (bicyclic) bond motifs is 1. The maximum Gasteiger partial charge on any atom is 0.263 e. The molecule has 1 amide bonds. The van der Waals surface area contributed by atoms with Crippen LogP contribution in [0.5, 0.6) is 0 Å². The van der Waals surface area contributed by atoms with Gasteiger partial charge in [-0.15, -0.1) is 0 Å². The molecular formula is C16H22N4O3S. The van der Waals surface area contributed by atoms with Gasteiger partial charge in [-0.3, -0.25) is 14.5 Å². The van der Waals surface area contributed by atoms with Gasteiger partial charge in [0.2, 0.25) is 5.91 Å². The van der Waals surface area contributed by atoms with Gasteiger partial charge in [0.05, 0.1) is 10.9 Å². The van der Waals surface area contributed by atoms with Crippen LogP contribution in [-0.2, 0) is 14.8 Å². The second kappa shape index (κ2) is 6.52. The predicted molar refractivity (Wildman–Crippen MR) is 91.1 cm³/mol. The fourth-order valence-corrected chi connectivity index (χ4v) is 4.14. The van der Waals surface area contributed by atoms with Gasteiger partial charge in [0, 0.05) is 24.6 Å². The Hall–Kier alpha value is -1.93. The van der Waals surface area contributed by atoms with Crippen molar-refractivity contribution >= 4 is 21.8 Å². The molecule has 0 spiro atoms. The fourth-order valence-electron chi connectivity index (χ4n) is 2.90. The molecule has 1 aromatic rings. The van der Waals surface area contributed by atoms with E-state index in [0.29, 0.717) is 23.9 Å². The average molecular weight is 350 g/mol. The van der Waals surface area contributed by atoms with Crippen molar-refractivity contribution in [1.82, 2.24) is 10.0 Å². The maximum atomic E-state index is 12.1. The highest BCUT2D eigenvalue weighted by Gasteiger charge is 2.32. The summed E-state index contributed by atoms with van der Waals surface area (Å²) in [7, 11) is -3.55. The smallest absolute Gasteiger partial charge is 0.263 e. The first-order valence-corrected chi connectivity index (χ1v) is 9.58. The summed E-state index contributed by atoms with van der Waals surface area (Å²) in [5, 5.41) is 2.95. The van der Waals surface area contributed by atoms with Crippen LogP contribution in [0.3, 0.4) is 0 Å². The summed E-state index contributed by atoms with van der Waals surface area (Å²) in [4.78, 5) is 16.7. The van der Waals surface area contributed by atoms with Crippen LogP contribution in [0.4, 0.5) is 0 Å². The minimum Gasteiger partial charge on any atom is -0.352 e. The van der Waals surface area contributed by atoms with E-state index < -0.39 is 10.0 Å². The Morgan fingerprint density at radius 2 is 2.12 bits per heavy atom. The van der Waals surface area contributed by atoms with Crippen LogP contribution in [-0.4, -0.2) is 38.8 Å². The molecule has 4 N–H and O–H groups in total. The molecule has 0 radical (unpaired) electrons. The molecule has 1 aromatic carbocycles. The summed E-state index contributed by atoms with van der Waals surface area (Å²) >= 11 is 0. The largest absolute Gasteiger partial charge is 0.352 e. The number of hydrogen-bond donors (Lipinski definition) is 3. The molecule has 8 heteroatoms. The number of nitrogens with two attached hydrogens (primary N) is 1. The molecule has 1 heterocycles. The van der Waals surface area contributed by atoms with E-state index >= 15 is 0 Å². The first-order valence-electron chi connectivity index (χ1n) is 8.10. The Labute approximate surface area is 141 Å². The van der Waals surface area contributed by atoms with Crippen LogP contribution >= 0.6 is 0 Å². The quantitative estimate of drug-likeness (QED) is 0.687. The fraction of sp³-hybridized carbons (Fsp3) is 0.500. The van der Waals surface area contributed by atoms with Crippen molar-refractivity contribution in [3.63, 3.8) is 0 Å². The molecule has 1 aliphatic carbocycles. The van der Waals surface area contributed by atoms with E-state index in [9.17, 15) is 13.2 Å². The lowest BCUT2D eigenvalue weighted by molar-refractivity contribution is -0.122. The zero-order valence-electron chi connectivity index (χ0n) is 13.5. The van der Waals surface area contributed by atoms with Crippen molar-refractivity contribution in [3.05, 3.63) is 29.8 Å². The Bertz CT molecular complexity index is 771. The van der Waals surface area contributed by atoms with E-state index in [1.165, 1.54) is 0 Å². The lowest BCUT2D eigenvalue weighted by Gasteiger charge is -2.17. The van der Waals surface area contributed by atoms with Crippen molar-refractivity contribution in [1.29, 1.82) is 0 Å². The Morgan fingerprint density at radius 3 is 2.79 bits per heavy atom. The molecule has 7 nitrogen and oxygen atoms in total. The number of nitrogens with zero attached hydrogens (tertiary/aromatic N) is 1. The topological polar surface area (TPSA) is 114 Å². The molecule has 24 heavy (non-hydrogen) atoms. The van der Waals surface area contributed by atoms with E-state index in [2.05, 4.69) is 15.0 Å². The summed E-state index contributed by atoms with van der Waals surface area (Å²) < 4.78 is 26.5. The van der Waals surface area contributed by atoms with E-state index in [0.717, 1.165) is 12.8 Å². The molecule has 3 rings (SSSR count). The molecular weight excluding hydrogens is 328 g/mol. The number of nitrogens with one attached hydrogen (secondary N) is 2. The Kier molecular flexibility index (Phi) is 4.60. The average Bonchev–Trinajstić information content (AvgIpc) is 3.33. The van der Waals surface area contributed by atoms with Crippen LogP contribution < -0.4 is 15.8 Å². The van der Waals surface area contributed by atoms with E-state index in [1.54, 1.807) is 31.2 Å². The number of carbonyl (C=O) groups is 1. The number of amidine groups is 1. The number of hydrogen-bond acceptors (Lipinski definition) is 5. The molecule has 1 aliphatic heterocycles. The SMILES string of the molecule is CC(CC(=O)NC(CN)C1CC1)N=C1NS(=O)(=O)c2ccccc21. The van der Waals surface area contributed by atoms with Gasteiger partial charge in [-0.05, 0) is 37.8 Å². The summed E-state index contributed by atoms with van der Waals surface area (Å²) in [6.07, 6.45) is 2.41. The molecule has 1 fully saturated rings. The van der Waals surface area contributed by atoms with Gasteiger partial charge in [0.1, 0.15) is 5.84 Å². The molecule has 2 aliphatic rings. The second-order valence-corrected chi connectivity index (χ2v) is 8.03. The van der Waals surface area contributed by atoms with Crippen molar-refractivity contribution < 1.29 is 13.2 Å². The van der Waals surface area contributed by atoms with Crippen LogP contribution in [0.15, 0.2) is 34.2 Å². The summed E-state index contributed by atoms with van der Waals surface area (Å²) in [5.74, 6) is 0.681. The molecule has 0 aromatic heterocycles. The van der Waals surface area contributed by atoms with Crippen molar-refractivity contribution in [2.24, 2.45) is 16.6 Å². The normalized spacial score (nSPS) is 22.5. The van der Waals surface area contributed by atoms with E-state index in [-0.39, 0.29) is 29.3 Å². The van der Waals surface area contributed by atoms with Crippen LogP contribution in [0.2, 0.25) is 0 Å². The third-order valence-corrected chi connectivity index (χ3v) is 5.68. The highest BCUT2D eigenvalue weighted by atomic mass is 32.2. The molecule has 2 unspecified atom stereocenters. The number of benzene rings is 1. The van der Waals surface area contributed by atoms with Gasteiger partial charge < -0.3 is 11.1 Å². The monoisotopic (exact) mass is 350 g/mol. The Balaban J connectivity index is 1.67. The molecule has 130 valence electrons. The zero-order valence-corrected chi connectivity index (χ0v) is 14.3. The first kappa shape index (κ1) is 16.9. The molecule has 1 saturated carbocycles. The third-order valence-electron chi connectivity index (χ3n) is 4.28. The van der Waals surface area contributed by atoms with Gasteiger partial charge in [-0.1, -0.05) is 12.1 Å². The highest BCUT2D eigenvalue weighted by Crippen LogP contribution is 2.32. The van der Waals surface area contributed by atoms with Gasteiger partial charge in [0.15, 0.2) is 0 Å². The number of carbonyl (C=O) groups excluding carboxylic acids is 1. The van der Waals surface area contributed by atoms with Crippen LogP contribution in [0.25, 0.3) is 0 Å². The molecule has 0 bridgehead atoms. The third kappa shape index (κ3) is 3.59. The van der Waals surface area contributed by atoms with E-state index in [4.69, 9.17) is 5.73 Å². The Morgan fingerprint density at radius 1 is 1.42 bits per heavy atom. The molecule has 2 atom stereocenters. The standard InChI is InChI=1S/C16H22N4O3S/c1-10(8-15(21)19-13(9-17)11-6-7-11)18-16-12-4-2-3-5-14(12)24(22,23)20-16/h2-5,10-11,13H,6-9,17H2,1H3,(H,18,20)(H,19,21). The number of amides is 1. The summed E-state index contributed by atoms with van der Waals surface area (Å²) in [6, 6.07) is 6.36. The van der Waals surface area contributed by atoms with Gasteiger partial charge in [0.25, 0.3) is 10.0 Å². The summed E-state index contributed by atoms with van der Waals surface area (Å²) in [6.45, 7) is 2.23. The minimum atomic E-state index is -3.55. The predicted octanol–water partition coefficient (Wildman–Crippen LogP) is 0.357. The number of rotatable bonds is 6. The lowest BCUT2D eigenvalue weighted by Crippen LogP contribution is -2.42. The highest BCUT2D eigenvalue weighted by molar-refractivity contribution is 7.90.